The number of pyridine rings is 1. The lowest BCUT2D eigenvalue weighted by atomic mass is 9.91. The van der Waals surface area contributed by atoms with Gasteiger partial charge in [-0.2, -0.15) is 0 Å². The molecule has 1 aromatic rings. The summed E-state index contributed by atoms with van der Waals surface area (Å²) in [6, 6.07) is 4.38. The van der Waals surface area contributed by atoms with Gasteiger partial charge in [-0.1, -0.05) is 13.3 Å². The molecule has 2 rings (SSSR count). The first-order valence-electron chi connectivity index (χ1n) is 8.06. The van der Waals surface area contributed by atoms with Crippen molar-refractivity contribution in [1.82, 2.24) is 14.6 Å². The molecule has 5 nitrogen and oxygen atoms in total. The third kappa shape index (κ3) is 4.06. The summed E-state index contributed by atoms with van der Waals surface area (Å²) in [5, 5.41) is 3.25. The van der Waals surface area contributed by atoms with Crippen molar-refractivity contribution in [1.29, 1.82) is 0 Å². The summed E-state index contributed by atoms with van der Waals surface area (Å²) >= 11 is 0. The standard InChI is InChI=1S/C16H27N3O2S/c1-4-15-12-19(22(20,21)13(2)3)10-7-16(15)18-11-14-5-8-17-9-6-14/h5-6,8-9,13,15-16,18H,4,7,10-12H2,1-3H3. The van der Waals surface area contributed by atoms with Crippen molar-refractivity contribution < 1.29 is 8.42 Å². The number of hydrogen-bond donors (Lipinski definition) is 1. The van der Waals surface area contributed by atoms with E-state index in [9.17, 15) is 8.42 Å². The van der Waals surface area contributed by atoms with Gasteiger partial charge in [-0.15, -0.1) is 0 Å². The second kappa shape index (κ2) is 7.53. The van der Waals surface area contributed by atoms with Crippen LogP contribution < -0.4 is 5.32 Å². The molecule has 22 heavy (non-hydrogen) atoms. The summed E-state index contributed by atoms with van der Waals surface area (Å²) in [6.45, 7) is 7.70. The van der Waals surface area contributed by atoms with Crippen LogP contribution in [-0.2, 0) is 16.6 Å². The van der Waals surface area contributed by atoms with Crippen molar-refractivity contribution in [3.63, 3.8) is 0 Å². The van der Waals surface area contributed by atoms with E-state index < -0.39 is 10.0 Å². The molecule has 0 amide bonds. The predicted molar refractivity (Wildman–Crippen MR) is 88.9 cm³/mol. The quantitative estimate of drug-likeness (QED) is 0.869. The molecule has 1 N–H and O–H groups in total. The highest BCUT2D eigenvalue weighted by atomic mass is 32.2. The molecule has 1 saturated heterocycles. The molecule has 0 saturated carbocycles. The minimum atomic E-state index is -3.14. The van der Waals surface area contributed by atoms with Crippen molar-refractivity contribution in [2.24, 2.45) is 5.92 Å². The van der Waals surface area contributed by atoms with Gasteiger partial charge in [-0.25, -0.2) is 12.7 Å². The summed E-state index contributed by atoms with van der Waals surface area (Å²) in [5.74, 6) is 0.365. The van der Waals surface area contributed by atoms with E-state index in [0.717, 1.165) is 19.4 Å². The fourth-order valence-corrected chi connectivity index (χ4v) is 4.32. The zero-order valence-electron chi connectivity index (χ0n) is 13.7. The van der Waals surface area contributed by atoms with Crippen LogP contribution in [0.25, 0.3) is 0 Å². The molecule has 0 aromatic carbocycles. The second-order valence-corrected chi connectivity index (χ2v) is 8.74. The van der Waals surface area contributed by atoms with Crippen molar-refractivity contribution >= 4 is 10.0 Å². The maximum Gasteiger partial charge on any atom is 0.216 e. The first-order chi connectivity index (χ1) is 10.4. The van der Waals surface area contributed by atoms with E-state index in [0.29, 0.717) is 25.0 Å². The van der Waals surface area contributed by atoms with Crippen LogP contribution in [0.1, 0.15) is 39.2 Å². The van der Waals surface area contributed by atoms with Crippen molar-refractivity contribution in [3.8, 4) is 0 Å². The molecule has 2 atom stereocenters. The number of hydrogen-bond acceptors (Lipinski definition) is 4. The van der Waals surface area contributed by atoms with E-state index in [4.69, 9.17) is 0 Å². The van der Waals surface area contributed by atoms with Crippen LogP contribution in [0.3, 0.4) is 0 Å². The highest BCUT2D eigenvalue weighted by Crippen LogP contribution is 2.24. The molecule has 1 aliphatic heterocycles. The minimum absolute atomic E-state index is 0.341. The summed E-state index contributed by atoms with van der Waals surface area (Å²) in [6.07, 6.45) is 5.45. The Balaban J connectivity index is 1.96. The molecular formula is C16H27N3O2S. The lowest BCUT2D eigenvalue weighted by Crippen LogP contribution is -2.51. The van der Waals surface area contributed by atoms with Gasteiger partial charge in [0.25, 0.3) is 0 Å². The molecule has 1 fully saturated rings. The molecule has 1 aliphatic rings. The fourth-order valence-electron chi connectivity index (χ4n) is 2.96. The Morgan fingerprint density at radius 1 is 1.36 bits per heavy atom. The molecular weight excluding hydrogens is 298 g/mol. The lowest BCUT2D eigenvalue weighted by Gasteiger charge is -2.38. The third-order valence-electron chi connectivity index (χ3n) is 4.49. The van der Waals surface area contributed by atoms with Gasteiger partial charge in [0.1, 0.15) is 0 Å². The van der Waals surface area contributed by atoms with Crippen LogP contribution in [0.2, 0.25) is 0 Å². The molecule has 0 radical (unpaired) electrons. The number of nitrogens with zero attached hydrogens (tertiary/aromatic N) is 2. The lowest BCUT2D eigenvalue weighted by molar-refractivity contribution is 0.200. The van der Waals surface area contributed by atoms with Crippen LogP contribution in [0.4, 0.5) is 0 Å². The zero-order chi connectivity index (χ0) is 16.2. The van der Waals surface area contributed by atoms with E-state index in [1.807, 2.05) is 12.1 Å². The molecule has 2 heterocycles. The topological polar surface area (TPSA) is 62.3 Å². The van der Waals surface area contributed by atoms with Crippen LogP contribution >= 0.6 is 0 Å². The Hall–Kier alpha value is -0.980. The molecule has 0 bridgehead atoms. The largest absolute Gasteiger partial charge is 0.310 e. The Morgan fingerprint density at radius 2 is 2.05 bits per heavy atom. The maximum absolute atomic E-state index is 12.3. The summed E-state index contributed by atoms with van der Waals surface area (Å²) in [4.78, 5) is 4.02. The van der Waals surface area contributed by atoms with E-state index in [1.54, 1.807) is 30.5 Å². The summed E-state index contributed by atoms with van der Waals surface area (Å²) < 4.78 is 26.3. The number of nitrogens with one attached hydrogen (secondary N) is 1. The van der Waals surface area contributed by atoms with Crippen molar-refractivity contribution in [2.75, 3.05) is 13.1 Å². The fraction of sp³-hybridized carbons (Fsp3) is 0.688. The van der Waals surface area contributed by atoms with Crippen LogP contribution in [0, 0.1) is 5.92 Å². The molecule has 0 spiro atoms. The van der Waals surface area contributed by atoms with Gasteiger partial charge < -0.3 is 5.32 Å². The Labute approximate surface area is 134 Å². The number of sulfonamides is 1. The van der Waals surface area contributed by atoms with Gasteiger partial charge in [-0.3, -0.25) is 4.98 Å². The van der Waals surface area contributed by atoms with Crippen molar-refractivity contribution in [2.45, 2.75) is 51.4 Å². The Bertz CT molecular complexity index is 560. The minimum Gasteiger partial charge on any atom is -0.310 e. The smallest absolute Gasteiger partial charge is 0.216 e. The Morgan fingerprint density at radius 3 is 2.64 bits per heavy atom. The molecule has 124 valence electrons. The first kappa shape index (κ1) is 17.4. The van der Waals surface area contributed by atoms with E-state index in [2.05, 4.69) is 17.2 Å². The average molecular weight is 325 g/mol. The maximum atomic E-state index is 12.3. The molecule has 2 unspecified atom stereocenters. The zero-order valence-corrected chi connectivity index (χ0v) is 14.5. The monoisotopic (exact) mass is 325 g/mol. The van der Waals surface area contributed by atoms with Crippen LogP contribution in [-0.4, -0.2) is 42.1 Å². The third-order valence-corrected chi connectivity index (χ3v) is 6.74. The number of rotatable bonds is 6. The van der Waals surface area contributed by atoms with Gasteiger partial charge >= 0.3 is 0 Å². The molecule has 6 heteroatoms. The van der Waals surface area contributed by atoms with Crippen molar-refractivity contribution in [3.05, 3.63) is 30.1 Å². The summed E-state index contributed by atoms with van der Waals surface area (Å²) in [5.41, 5.74) is 1.21. The van der Waals surface area contributed by atoms with Gasteiger partial charge in [0.15, 0.2) is 0 Å². The van der Waals surface area contributed by atoms with Gasteiger partial charge in [0.05, 0.1) is 5.25 Å². The number of aromatic nitrogens is 1. The van der Waals surface area contributed by atoms with Crippen LogP contribution in [0.5, 0.6) is 0 Å². The van der Waals surface area contributed by atoms with E-state index >= 15 is 0 Å². The Kier molecular flexibility index (Phi) is 5.94. The first-order valence-corrected chi connectivity index (χ1v) is 9.56. The SMILES string of the molecule is CCC1CN(S(=O)(=O)C(C)C)CCC1NCc1ccncc1. The predicted octanol–water partition coefficient (Wildman–Crippen LogP) is 2.01. The van der Waals surface area contributed by atoms with Crippen LogP contribution in [0.15, 0.2) is 24.5 Å². The number of piperidine rings is 1. The molecule has 1 aromatic heterocycles. The van der Waals surface area contributed by atoms with E-state index in [1.165, 1.54) is 5.56 Å². The summed E-state index contributed by atoms with van der Waals surface area (Å²) in [7, 11) is -3.14. The van der Waals surface area contributed by atoms with Gasteiger partial charge in [0.2, 0.25) is 10.0 Å². The highest BCUT2D eigenvalue weighted by molar-refractivity contribution is 7.89. The highest BCUT2D eigenvalue weighted by Gasteiger charge is 2.34. The average Bonchev–Trinajstić information content (AvgIpc) is 2.53. The second-order valence-electron chi connectivity index (χ2n) is 6.25. The van der Waals surface area contributed by atoms with Gasteiger partial charge in [0, 0.05) is 38.1 Å². The normalized spacial score (nSPS) is 23.8. The molecule has 0 aliphatic carbocycles. The van der Waals surface area contributed by atoms with E-state index in [-0.39, 0.29) is 5.25 Å². The van der Waals surface area contributed by atoms with Gasteiger partial charge in [-0.05, 0) is 43.9 Å².